The van der Waals surface area contributed by atoms with E-state index in [2.05, 4.69) is 21.9 Å². The van der Waals surface area contributed by atoms with Crippen LogP contribution in [0.15, 0.2) is 6.33 Å². The van der Waals surface area contributed by atoms with Gasteiger partial charge in [-0.1, -0.05) is 6.42 Å². The zero-order valence-electron chi connectivity index (χ0n) is 11.2. The quantitative estimate of drug-likeness (QED) is 0.585. The van der Waals surface area contributed by atoms with Crippen molar-refractivity contribution < 1.29 is 0 Å². The van der Waals surface area contributed by atoms with Gasteiger partial charge in [0.05, 0.1) is 0 Å². The molecule has 0 amide bonds. The molecule has 1 aromatic heterocycles. The van der Waals surface area contributed by atoms with Crippen molar-refractivity contribution in [1.82, 2.24) is 9.97 Å². The zero-order chi connectivity index (χ0) is 12.8. The van der Waals surface area contributed by atoms with Crippen molar-refractivity contribution in [1.29, 1.82) is 0 Å². The Morgan fingerprint density at radius 3 is 2.83 bits per heavy atom. The fraction of sp³-hybridized carbons (Fsp3) is 0.714. The molecular weight excluding hydrogens is 246 g/mol. The summed E-state index contributed by atoms with van der Waals surface area (Å²) < 4.78 is 0. The van der Waals surface area contributed by atoms with Crippen LogP contribution in [0.5, 0.6) is 0 Å². The number of hydrogen-bond donors (Lipinski definition) is 0. The number of aromatic nitrogens is 2. The molecule has 0 aromatic carbocycles. The van der Waals surface area contributed by atoms with Crippen LogP contribution in [-0.2, 0) is 12.8 Å². The van der Waals surface area contributed by atoms with Crippen LogP contribution in [0.25, 0.3) is 0 Å². The first-order valence-corrected chi connectivity index (χ1v) is 7.46. The van der Waals surface area contributed by atoms with E-state index in [1.807, 2.05) is 0 Å². The van der Waals surface area contributed by atoms with E-state index >= 15 is 0 Å². The third-order valence-corrected chi connectivity index (χ3v) is 3.86. The van der Waals surface area contributed by atoms with Crippen molar-refractivity contribution in [3.8, 4) is 0 Å². The highest BCUT2D eigenvalue weighted by atomic mass is 35.5. The first-order chi connectivity index (χ1) is 8.83. The largest absolute Gasteiger partial charge is 0.359 e. The molecule has 0 bridgehead atoms. The summed E-state index contributed by atoms with van der Waals surface area (Å²) in [6.07, 6.45) is 9.99. The van der Waals surface area contributed by atoms with Gasteiger partial charge in [-0.3, -0.25) is 0 Å². The first-order valence-electron chi connectivity index (χ1n) is 6.93. The third kappa shape index (κ3) is 3.35. The number of rotatable bonds is 6. The molecule has 0 radical (unpaired) electrons. The minimum atomic E-state index is 0.770. The van der Waals surface area contributed by atoms with Gasteiger partial charge in [-0.05, 0) is 38.5 Å². The van der Waals surface area contributed by atoms with E-state index in [0.717, 1.165) is 37.5 Å². The Balaban J connectivity index is 1.99. The van der Waals surface area contributed by atoms with Crippen LogP contribution in [0, 0.1) is 0 Å². The Hall–Kier alpha value is -0.830. The van der Waals surface area contributed by atoms with Gasteiger partial charge in [0.25, 0.3) is 0 Å². The van der Waals surface area contributed by atoms with Crippen LogP contribution >= 0.6 is 11.6 Å². The highest BCUT2D eigenvalue weighted by molar-refractivity contribution is 6.17. The average Bonchev–Trinajstić information content (AvgIpc) is 2.43. The van der Waals surface area contributed by atoms with E-state index < -0.39 is 0 Å². The number of alkyl halides is 1. The van der Waals surface area contributed by atoms with Crippen LogP contribution in [-0.4, -0.2) is 29.4 Å². The first kappa shape index (κ1) is 13.6. The fourth-order valence-corrected chi connectivity index (χ4v) is 2.75. The van der Waals surface area contributed by atoms with Gasteiger partial charge in [-0.25, -0.2) is 9.97 Å². The number of unbranched alkanes of at least 4 members (excludes halogenated alkanes) is 2. The van der Waals surface area contributed by atoms with E-state index in [1.165, 1.54) is 36.9 Å². The predicted molar refractivity (Wildman–Crippen MR) is 76.5 cm³/mol. The Kier molecular flexibility index (Phi) is 5.24. The van der Waals surface area contributed by atoms with Gasteiger partial charge < -0.3 is 4.90 Å². The van der Waals surface area contributed by atoms with E-state index in [1.54, 1.807) is 6.33 Å². The molecule has 1 aromatic rings. The normalized spacial score (nSPS) is 14.3. The molecule has 4 heteroatoms. The van der Waals surface area contributed by atoms with E-state index in [0.29, 0.717) is 0 Å². The second-order valence-electron chi connectivity index (χ2n) is 5.00. The lowest BCUT2D eigenvalue weighted by Crippen LogP contribution is -2.23. The molecule has 1 aliphatic rings. The molecule has 0 atom stereocenters. The fourth-order valence-electron chi connectivity index (χ4n) is 2.56. The summed E-state index contributed by atoms with van der Waals surface area (Å²) >= 11 is 5.69. The molecule has 0 spiro atoms. The number of halogens is 1. The Bertz CT molecular complexity index is 381. The van der Waals surface area contributed by atoms with Crippen LogP contribution < -0.4 is 4.90 Å². The maximum Gasteiger partial charge on any atom is 0.135 e. The molecule has 2 rings (SSSR count). The van der Waals surface area contributed by atoms with Crippen LogP contribution in [0.4, 0.5) is 5.82 Å². The van der Waals surface area contributed by atoms with Crippen LogP contribution in [0.2, 0.25) is 0 Å². The molecule has 0 saturated carbocycles. The average molecular weight is 268 g/mol. The van der Waals surface area contributed by atoms with Crippen molar-refractivity contribution in [2.45, 2.75) is 44.9 Å². The second kappa shape index (κ2) is 6.93. The minimum absolute atomic E-state index is 0.770. The summed E-state index contributed by atoms with van der Waals surface area (Å²) in [5.74, 6) is 1.91. The van der Waals surface area contributed by atoms with Crippen LogP contribution in [0.1, 0.15) is 43.4 Å². The van der Waals surface area contributed by atoms with Crippen molar-refractivity contribution in [3.63, 3.8) is 0 Å². The number of hydrogen-bond acceptors (Lipinski definition) is 3. The monoisotopic (exact) mass is 267 g/mol. The van der Waals surface area contributed by atoms with Gasteiger partial charge in [0.2, 0.25) is 0 Å². The van der Waals surface area contributed by atoms with E-state index in [-0.39, 0.29) is 0 Å². The molecule has 0 N–H and O–H groups in total. The maximum atomic E-state index is 5.69. The molecule has 18 heavy (non-hydrogen) atoms. The third-order valence-electron chi connectivity index (χ3n) is 3.59. The minimum Gasteiger partial charge on any atom is -0.359 e. The molecule has 0 unspecified atom stereocenters. The van der Waals surface area contributed by atoms with Crippen LogP contribution in [0.3, 0.4) is 0 Å². The Morgan fingerprint density at radius 1 is 1.17 bits per heavy atom. The van der Waals surface area contributed by atoms with Crippen molar-refractivity contribution in [2.75, 3.05) is 24.4 Å². The molecule has 0 aliphatic heterocycles. The van der Waals surface area contributed by atoms with Gasteiger partial charge in [0, 0.05) is 30.7 Å². The van der Waals surface area contributed by atoms with Gasteiger partial charge >= 0.3 is 0 Å². The highest BCUT2D eigenvalue weighted by Gasteiger charge is 2.17. The second-order valence-corrected chi connectivity index (χ2v) is 5.38. The highest BCUT2D eigenvalue weighted by Crippen LogP contribution is 2.26. The number of anilines is 1. The SMILES string of the molecule is CN(CCCCCCl)c1ncnc2c1CCCC2. The number of aryl methyl sites for hydroxylation is 1. The topological polar surface area (TPSA) is 29.0 Å². The molecule has 1 aliphatic carbocycles. The molecule has 100 valence electrons. The van der Waals surface area contributed by atoms with Gasteiger partial charge in [-0.15, -0.1) is 11.6 Å². The summed E-state index contributed by atoms with van der Waals surface area (Å²) in [6, 6.07) is 0. The summed E-state index contributed by atoms with van der Waals surface area (Å²) in [7, 11) is 2.14. The summed E-state index contributed by atoms with van der Waals surface area (Å²) in [6.45, 7) is 1.06. The molecular formula is C14H22ClN3. The molecule has 3 nitrogen and oxygen atoms in total. The van der Waals surface area contributed by atoms with Gasteiger partial charge in [0.15, 0.2) is 0 Å². The standard InChI is InChI=1S/C14H22ClN3/c1-18(10-6-2-5-9-15)14-12-7-3-4-8-13(12)16-11-17-14/h11H,2-10H2,1H3. The molecule has 0 saturated heterocycles. The van der Waals surface area contributed by atoms with E-state index in [4.69, 9.17) is 11.6 Å². The lowest BCUT2D eigenvalue weighted by Gasteiger charge is -2.24. The summed E-state index contributed by atoms with van der Waals surface area (Å²) in [4.78, 5) is 11.2. The number of nitrogens with zero attached hydrogens (tertiary/aromatic N) is 3. The summed E-state index contributed by atoms with van der Waals surface area (Å²) in [5, 5.41) is 0. The Morgan fingerprint density at radius 2 is 2.00 bits per heavy atom. The predicted octanol–water partition coefficient (Wildman–Crippen LogP) is 3.20. The summed E-state index contributed by atoms with van der Waals surface area (Å²) in [5.41, 5.74) is 2.64. The molecule has 0 fully saturated rings. The number of fused-ring (bicyclic) bond motifs is 1. The van der Waals surface area contributed by atoms with Gasteiger partial charge in [-0.2, -0.15) is 0 Å². The van der Waals surface area contributed by atoms with Crippen molar-refractivity contribution >= 4 is 17.4 Å². The van der Waals surface area contributed by atoms with E-state index in [9.17, 15) is 0 Å². The maximum absolute atomic E-state index is 5.69. The lowest BCUT2D eigenvalue weighted by molar-refractivity contribution is 0.651. The smallest absolute Gasteiger partial charge is 0.135 e. The van der Waals surface area contributed by atoms with Crippen molar-refractivity contribution in [2.24, 2.45) is 0 Å². The Labute approximate surface area is 115 Å². The van der Waals surface area contributed by atoms with Gasteiger partial charge in [0.1, 0.15) is 12.1 Å². The molecule has 1 heterocycles. The lowest BCUT2D eigenvalue weighted by atomic mass is 9.96. The van der Waals surface area contributed by atoms with Crippen molar-refractivity contribution in [3.05, 3.63) is 17.6 Å². The zero-order valence-corrected chi connectivity index (χ0v) is 11.9.